The first-order valence-electron chi connectivity index (χ1n) is 6.50. The van der Waals surface area contributed by atoms with Gasteiger partial charge in [-0.05, 0) is 25.2 Å². The molecule has 5 nitrogen and oxygen atoms in total. The molecule has 2 aliphatic rings. The molecular weight excluding hydrogens is 252 g/mol. The summed E-state index contributed by atoms with van der Waals surface area (Å²) in [7, 11) is -3.03. The van der Waals surface area contributed by atoms with Crippen LogP contribution in [0.1, 0.15) is 33.1 Å². The molecule has 6 heteroatoms. The Balaban J connectivity index is 2.06. The first kappa shape index (κ1) is 13.8. The van der Waals surface area contributed by atoms with Gasteiger partial charge >= 0.3 is 0 Å². The molecule has 1 amide bonds. The molecule has 0 radical (unpaired) electrons. The summed E-state index contributed by atoms with van der Waals surface area (Å²) >= 11 is 0. The van der Waals surface area contributed by atoms with Crippen LogP contribution in [-0.4, -0.2) is 49.5 Å². The fourth-order valence-electron chi connectivity index (χ4n) is 2.51. The molecule has 1 aliphatic heterocycles. The van der Waals surface area contributed by atoms with Crippen LogP contribution in [0.4, 0.5) is 0 Å². The Hall–Kier alpha value is -0.620. The lowest BCUT2D eigenvalue weighted by molar-refractivity contribution is -0.130. The highest BCUT2D eigenvalue weighted by Crippen LogP contribution is 2.42. The van der Waals surface area contributed by atoms with E-state index in [1.165, 1.54) is 6.26 Å². The summed E-state index contributed by atoms with van der Waals surface area (Å²) in [6.07, 6.45) is 3.86. The van der Waals surface area contributed by atoms with Gasteiger partial charge in [0.15, 0.2) is 0 Å². The average Bonchev–Trinajstić information content (AvgIpc) is 2.90. The maximum absolute atomic E-state index is 12.3. The van der Waals surface area contributed by atoms with Crippen molar-refractivity contribution in [1.29, 1.82) is 0 Å². The van der Waals surface area contributed by atoms with Crippen molar-refractivity contribution in [3.8, 4) is 0 Å². The summed E-state index contributed by atoms with van der Waals surface area (Å²) in [5, 5.41) is 3.39. The Morgan fingerprint density at radius 1 is 1.44 bits per heavy atom. The molecular formula is C12H22N2O3S. The average molecular weight is 274 g/mol. The molecule has 1 heterocycles. The standard InChI is InChI=1S/C12H22N2O3S/c1-9(2)8-10-13-12(4-5-12)11(15)14(10)6-7-18(3,16)17/h9-10,13H,4-8H2,1-3H3. The summed E-state index contributed by atoms with van der Waals surface area (Å²) in [6, 6.07) is 0. The molecule has 1 saturated heterocycles. The predicted molar refractivity (Wildman–Crippen MR) is 69.8 cm³/mol. The second-order valence-electron chi connectivity index (χ2n) is 6.00. The predicted octanol–water partition coefficient (Wildman–Crippen LogP) is 0.368. The van der Waals surface area contributed by atoms with Crippen LogP contribution in [0.15, 0.2) is 0 Å². The van der Waals surface area contributed by atoms with Crippen molar-refractivity contribution in [2.24, 2.45) is 5.92 Å². The number of rotatable bonds is 5. The van der Waals surface area contributed by atoms with Gasteiger partial charge < -0.3 is 4.90 Å². The van der Waals surface area contributed by atoms with E-state index in [1.54, 1.807) is 4.90 Å². The van der Waals surface area contributed by atoms with E-state index in [0.717, 1.165) is 19.3 Å². The third-order valence-corrected chi connectivity index (χ3v) is 4.56. The van der Waals surface area contributed by atoms with Gasteiger partial charge in [-0.2, -0.15) is 0 Å². The molecule has 2 fully saturated rings. The summed E-state index contributed by atoms with van der Waals surface area (Å²) < 4.78 is 22.5. The molecule has 104 valence electrons. The van der Waals surface area contributed by atoms with Crippen LogP contribution in [0.3, 0.4) is 0 Å². The fraction of sp³-hybridized carbons (Fsp3) is 0.917. The molecule has 1 unspecified atom stereocenters. The zero-order valence-electron chi connectivity index (χ0n) is 11.3. The van der Waals surface area contributed by atoms with E-state index in [-0.39, 0.29) is 23.4 Å². The van der Waals surface area contributed by atoms with Crippen LogP contribution in [-0.2, 0) is 14.6 Å². The van der Waals surface area contributed by atoms with Crippen molar-refractivity contribution in [3.63, 3.8) is 0 Å². The molecule has 0 aromatic heterocycles. The summed E-state index contributed by atoms with van der Waals surface area (Å²) in [5.41, 5.74) is -0.350. The zero-order valence-corrected chi connectivity index (χ0v) is 12.1. The molecule has 1 aliphatic carbocycles. The van der Waals surface area contributed by atoms with Gasteiger partial charge in [-0.15, -0.1) is 0 Å². The van der Waals surface area contributed by atoms with Crippen LogP contribution >= 0.6 is 0 Å². The van der Waals surface area contributed by atoms with Crippen molar-refractivity contribution in [3.05, 3.63) is 0 Å². The zero-order chi connectivity index (χ0) is 13.6. The highest BCUT2D eigenvalue weighted by Gasteiger charge is 2.58. The Morgan fingerprint density at radius 2 is 2.06 bits per heavy atom. The number of hydrogen-bond acceptors (Lipinski definition) is 4. The Bertz CT molecular complexity index is 440. The van der Waals surface area contributed by atoms with Crippen LogP contribution < -0.4 is 5.32 Å². The van der Waals surface area contributed by atoms with Gasteiger partial charge in [0.2, 0.25) is 5.91 Å². The van der Waals surface area contributed by atoms with E-state index in [4.69, 9.17) is 0 Å². The van der Waals surface area contributed by atoms with E-state index in [1.807, 2.05) is 0 Å². The smallest absolute Gasteiger partial charge is 0.244 e. The van der Waals surface area contributed by atoms with Gasteiger partial charge in [0.05, 0.1) is 17.5 Å². The van der Waals surface area contributed by atoms with Gasteiger partial charge in [-0.3, -0.25) is 10.1 Å². The lowest BCUT2D eigenvalue weighted by Gasteiger charge is -2.25. The molecule has 1 saturated carbocycles. The number of nitrogens with zero attached hydrogens (tertiary/aromatic N) is 1. The summed E-state index contributed by atoms with van der Waals surface area (Å²) in [6.45, 7) is 4.53. The summed E-state index contributed by atoms with van der Waals surface area (Å²) in [5.74, 6) is 0.618. The van der Waals surface area contributed by atoms with Gasteiger partial charge in [0.25, 0.3) is 0 Å². The second-order valence-corrected chi connectivity index (χ2v) is 8.26. The lowest BCUT2D eigenvalue weighted by atomic mass is 10.1. The molecule has 0 aromatic carbocycles. The fourth-order valence-corrected chi connectivity index (χ4v) is 3.04. The number of sulfone groups is 1. The van der Waals surface area contributed by atoms with E-state index in [2.05, 4.69) is 19.2 Å². The maximum atomic E-state index is 12.3. The number of carbonyl (C=O) groups excluding carboxylic acids is 1. The molecule has 1 atom stereocenters. The van der Waals surface area contributed by atoms with E-state index in [0.29, 0.717) is 12.5 Å². The molecule has 18 heavy (non-hydrogen) atoms. The van der Waals surface area contributed by atoms with Crippen molar-refractivity contribution in [1.82, 2.24) is 10.2 Å². The third-order valence-electron chi connectivity index (χ3n) is 3.64. The van der Waals surface area contributed by atoms with Gasteiger partial charge in [0.1, 0.15) is 9.84 Å². The topological polar surface area (TPSA) is 66.5 Å². The number of nitrogens with one attached hydrogen (secondary N) is 1. The minimum atomic E-state index is -3.03. The van der Waals surface area contributed by atoms with Crippen LogP contribution in [0.2, 0.25) is 0 Å². The van der Waals surface area contributed by atoms with E-state index in [9.17, 15) is 13.2 Å². The van der Waals surface area contributed by atoms with Gasteiger partial charge in [0, 0.05) is 12.8 Å². The first-order valence-corrected chi connectivity index (χ1v) is 8.56. The van der Waals surface area contributed by atoms with E-state index < -0.39 is 9.84 Å². The SMILES string of the molecule is CC(C)CC1NC2(CC2)C(=O)N1CCS(C)(=O)=O. The molecule has 0 bridgehead atoms. The second kappa shape index (κ2) is 4.49. The molecule has 0 aromatic rings. The van der Waals surface area contributed by atoms with Crippen molar-refractivity contribution < 1.29 is 13.2 Å². The van der Waals surface area contributed by atoms with Crippen molar-refractivity contribution in [2.75, 3.05) is 18.6 Å². The van der Waals surface area contributed by atoms with Crippen LogP contribution in [0.5, 0.6) is 0 Å². The quantitative estimate of drug-likeness (QED) is 0.786. The Morgan fingerprint density at radius 3 is 2.50 bits per heavy atom. The van der Waals surface area contributed by atoms with E-state index >= 15 is 0 Å². The summed E-state index contributed by atoms with van der Waals surface area (Å²) in [4.78, 5) is 14.0. The van der Waals surface area contributed by atoms with Gasteiger partial charge in [-0.1, -0.05) is 13.8 Å². The minimum absolute atomic E-state index is 0.00162. The van der Waals surface area contributed by atoms with Crippen LogP contribution in [0.25, 0.3) is 0 Å². The number of carbonyl (C=O) groups is 1. The maximum Gasteiger partial charge on any atom is 0.244 e. The van der Waals surface area contributed by atoms with Crippen molar-refractivity contribution in [2.45, 2.75) is 44.8 Å². The number of hydrogen-bond donors (Lipinski definition) is 1. The highest BCUT2D eigenvalue weighted by molar-refractivity contribution is 7.90. The van der Waals surface area contributed by atoms with Crippen molar-refractivity contribution >= 4 is 15.7 Å². The monoisotopic (exact) mass is 274 g/mol. The van der Waals surface area contributed by atoms with Gasteiger partial charge in [-0.25, -0.2) is 8.42 Å². The highest BCUT2D eigenvalue weighted by atomic mass is 32.2. The third kappa shape index (κ3) is 2.85. The normalized spacial score (nSPS) is 26.3. The Kier molecular flexibility index (Phi) is 3.44. The van der Waals surface area contributed by atoms with Crippen LogP contribution in [0, 0.1) is 5.92 Å². The Labute approximate surface area is 109 Å². The minimum Gasteiger partial charge on any atom is -0.325 e. The molecule has 1 N–H and O–H groups in total. The largest absolute Gasteiger partial charge is 0.325 e. The molecule has 1 spiro atoms. The lowest BCUT2D eigenvalue weighted by Crippen LogP contribution is -2.40. The number of amides is 1. The first-order chi connectivity index (χ1) is 8.23. The molecule has 2 rings (SSSR count).